The SMILES string of the molecule is COC(=O)c1cc(NC2CCOC3(CCCC3)C2)cc(C)c1[N+](=O)[O-]. The molecule has 1 aliphatic heterocycles. The van der Waals surface area contributed by atoms with E-state index in [1.165, 1.54) is 26.0 Å². The first kappa shape index (κ1) is 17.7. The fraction of sp³-hybridized carbons (Fsp3) is 0.611. The summed E-state index contributed by atoms with van der Waals surface area (Å²) >= 11 is 0. The number of nitrogens with one attached hydrogen (secondary N) is 1. The van der Waals surface area contributed by atoms with Gasteiger partial charge in [0.15, 0.2) is 0 Å². The van der Waals surface area contributed by atoms with E-state index in [9.17, 15) is 14.9 Å². The van der Waals surface area contributed by atoms with Gasteiger partial charge in [-0.15, -0.1) is 0 Å². The van der Waals surface area contributed by atoms with Crippen molar-refractivity contribution >= 4 is 17.3 Å². The van der Waals surface area contributed by atoms with Crippen LogP contribution in [-0.4, -0.2) is 36.3 Å². The largest absolute Gasteiger partial charge is 0.465 e. The van der Waals surface area contributed by atoms with Gasteiger partial charge >= 0.3 is 5.97 Å². The number of aryl methyl sites for hydroxylation is 1. The summed E-state index contributed by atoms with van der Waals surface area (Å²) in [4.78, 5) is 22.7. The van der Waals surface area contributed by atoms with Crippen molar-refractivity contribution in [1.29, 1.82) is 0 Å². The molecular weight excluding hydrogens is 324 g/mol. The maximum atomic E-state index is 12.0. The van der Waals surface area contributed by atoms with E-state index in [1.54, 1.807) is 13.0 Å². The van der Waals surface area contributed by atoms with Crippen LogP contribution in [0.1, 0.15) is 54.4 Å². The molecule has 0 radical (unpaired) electrons. The highest BCUT2D eigenvalue weighted by Crippen LogP contribution is 2.41. The van der Waals surface area contributed by atoms with Crippen LogP contribution in [0.15, 0.2) is 12.1 Å². The maximum absolute atomic E-state index is 12.0. The molecule has 3 rings (SSSR count). The standard InChI is InChI=1S/C18H24N2O5/c1-12-9-14(10-15(17(21)24-2)16(12)20(22)23)19-13-5-8-25-18(11-13)6-3-4-7-18/h9-10,13,19H,3-8,11H2,1-2H3. The van der Waals surface area contributed by atoms with Crippen molar-refractivity contribution in [3.8, 4) is 0 Å². The van der Waals surface area contributed by atoms with Gasteiger partial charge in [0.1, 0.15) is 5.56 Å². The first-order chi connectivity index (χ1) is 11.9. The van der Waals surface area contributed by atoms with E-state index in [0.29, 0.717) is 17.9 Å². The summed E-state index contributed by atoms with van der Waals surface area (Å²) in [6.45, 7) is 2.35. The van der Waals surface area contributed by atoms with Crippen LogP contribution < -0.4 is 5.32 Å². The number of nitrogens with zero attached hydrogens (tertiary/aromatic N) is 1. The quantitative estimate of drug-likeness (QED) is 0.508. The molecule has 136 valence electrons. The van der Waals surface area contributed by atoms with Gasteiger partial charge in [0.2, 0.25) is 0 Å². The van der Waals surface area contributed by atoms with E-state index in [4.69, 9.17) is 9.47 Å². The lowest BCUT2D eigenvalue weighted by atomic mass is 9.88. The number of anilines is 1. The molecule has 1 saturated carbocycles. The number of hydrogen-bond acceptors (Lipinski definition) is 6. The number of ether oxygens (including phenoxy) is 2. The van der Waals surface area contributed by atoms with Crippen LogP contribution in [0.2, 0.25) is 0 Å². The van der Waals surface area contributed by atoms with E-state index < -0.39 is 10.9 Å². The molecule has 1 atom stereocenters. The Morgan fingerprint density at radius 1 is 1.40 bits per heavy atom. The Balaban J connectivity index is 1.84. The van der Waals surface area contributed by atoms with Crippen LogP contribution in [0.5, 0.6) is 0 Å². The van der Waals surface area contributed by atoms with Crippen LogP contribution >= 0.6 is 0 Å². The third-order valence-corrected chi connectivity index (χ3v) is 5.27. The van der Waals surface area contributed by atoms with Crippen LogP contribution in [0.3, 0.4) is 0 Å². The highest BCUT2D eigenvalue weighted by molar-refractivity contribution is 5.95. The summed E-state index contributed by atoms with van der Waals surface area (Å²) < 4.78 is 10.8. The normalized spacial score (nSPS) is 21.9. The summed E-state index contributed by atoms with van der Waals surface area (Å²) in [5.74, 6) is -0.697. The molecule has 25 heavy (non-hydrogen) atoms. The topological polar surface area (TPSA) is 90.7 Å². The van der Waals surface area contributed by atoms with E-state index in [-0.39, 0.29) is 22.9 Å². The number of methoxy groups -OCH3 is 1. The van der Waals surface area contributed by atoms with Crippen molar-refractivity contribution in [2.75, 3.05) is 19.0 Å². The second-order valence-electron chi connectivity index (χ2n) is 7.01. The van der Waals surface area contributed by atoms with Gasteiger partial charge in [0.05, 0.1) is 17.6 Å². The number of benzene rings is 1. The summed E-state index contributed by atoms with van der Waals surface area (Å²) in [5, 5.41) is 14.7. The van der Waals surface area contributed by atoms with Crippen molar-refractivity contribution in [3.63, 3.8) is 0 Å². The minimum Gasteiger partial charge on any atom is -0.465 e. The summed E-state index contributed by atoms with van der Waals surface area (Å²) in [6.07, 6.45) is 6.41. The monoisotopic (exact) mass is 348 g/mol. The molecule has 1 saturated heterocycles. The Morgan fingerprint density at radius 3 is 2.76 bits per heavy atom. The summed E-state index contributed by atoms with van der Waals surface area (Å²) in [7, 11) is 1.23. The van der Waals surface area contributed by atoms with Crippen molar-refractivity contribution in [2.24, 2.45) is 0 Å². The molecule has 1 aromatic carbocycles. The van der Waals surface area contributed by atoms with Gasteiger partial charge in [-0.2, -0.15) is 0 Å². The van der Waals surface area contributed by atoms with Crippen LogP contribution in [0, 0.1) is 17.0 Å². The second-order valence-corrected chi connectivity index (χ2v) is 7.01. The zero-order valence-corrected chi connectivity index (χ0v) is 14.7. The van der Waals surface area contributed by atoms with Gasteiger partial charge in [-0.05, 0) is 44.7 Å². The van der Waals surface area contributed by atoms with Crippen molar-refractivity contribution < 1.29 is 19.2 Å². The van der Waals surface area contributed by atoms with Gasteiger partial charge in [0.25, 0.3) is 5.69 Å². The van der Waals surface area contributed by atoms with E-state index >= 15 is 0 Å². The number of nitro groups is 1. The van der Waals surface area contributed by atoms with Crippen LogP contribution in [-0.2, 0) is 9.47 Å². The molecule has 0 bridgehead atoms. The predicted octanol–water partition coefficient (Wildman–Crippen LogP) is 3.59. The van der Waals surface area contributed by atoms with E-state index in [2.05, 4.69) is 5.32 Å². The van der Waals surface area contributed by atoms with Crippen molar-refractivity contribution in [2.45, 2.75) is 57.1 Å². The lowest BCUT2D eigenvalue weighted by Crippen LogP contribution is -2.42. The smallest absolute Gasteiger partial charge is 0.344 e. The Hall–Kier alpha value is -2.15. The fourth-order valence-electron chi connectivity index (χ4n) is 4.13. The molecule has 1 N–H and O–H groups in total. The number of carbonyl (C=O) groups excluding carboxylic acids is 1. The number of nitro benzene ring substituents is 1. The first-order valence-electron chi connectivity index (χ1n) is 8.72. The molecule has 2 aliphatic rings. The summed E-state index contributed by atoms with van der Waals surface area (Å²) in [5.41, 5.74) is 0.924. The molecule has 1 heterocycles. The van der Waals surface area contributed by atoms with E-state index in [1.807, 2.05) is 0 Å². The maximum Gasteiger partial charge on any atom is 0.344 e. The zero-order chi connectivity index (χ0) is 18.0. The Morgan fingerprint density at radius 2 is 2.12 bits per heavy atom. The molecule has 1 aromatic rings. The molecule has 7 nitrogen and oxygen atoms in total. The third-order valence-electron chi connectivity index (χ3n) is 5.27. The molecule has 1 spiro atoms. The summed E-state index contributed by atoms with van der Waals surface area (Å²) in [6, 6.07) is 3.48. The second kappa shape index (κ2) is 7.00. The molecule has 7 heteroatoms. The lowest BCUT2D eigenvalue weighted by molar-refractivity contribution is -0.385. The minimum atomic E-state index is -0.697. The van der Waals surface area contributed by atoms with Crippen LogP contribution in [0.4, 0.5) is 11.4 Å². The predicted molar refractivity (Wildman–Crippen MR) is 93.0 cm³/mol. The van der Waals surface area contributed by atoms with Crippen molar-refractivity contribution in [1.82, 2.24) is 0 Å². The van der Waals surface area contributed by atoms with Gasteiger partial charge in [-0.3, -0.25) is 10.1 Å². The zero-order valence-electron chi connectivity index (χ0n) is 14.7. The lowest BCUT2D eigenvalue weighted by Gasteiger charge is -2.39. The molecule has 1 aliphatic carbocycles. The molecule has 2 fully saturated rings. The Kier molecular flexibility index (Phi) is 4.94. The minimum absolute atomic E-state index is 0.0161. The number of hydrogen-bond donors (Lipinski definition) is 1. The Labute approximate surface area is 146 Å². The Bertz CT molecular complexity index is 682. The number of rotatable bonds is 4. The average Bonchev–Trinajstić information content (AvgIpc) is 3.00. The molecule has 0 aromatic heterocycles. The van der Waals surface area contributed by atoms with E-state index in [0.717, 1.165) is 25.7 Å². The number of carbonyl (C=O) groups is 1. The fourth-order valence-corrected chi connectivity index (χ4v) is 4.13. The first-order valence-corrected chi connectivity index (χ1v) is 8.72. The van der Waals surface area contributed by atoms with Gasteiger partial charge in [-0.25, -0.2) is 4.79 Å². The van der Waals surface area contributed by atoms with Crippen molar-refractivity contribution in [3.05, 3.63) is 33.4 Å². The van der Waals surface area contributed by atoms with Gasteiger partial charge < -0.3 is 14.8 Å². The van der Waals surface area contributed by atoms with Crippen LogP contribution in [0.25, 0.3) is 0 Å². The molecule has 1 unspecified atom stereocenters. The molecule has 0 amide bonds. The third kappa shape index (κ3) is 3.61. The van der Waals surface area contributed by atoms with Gasteiger partial charge in [0, 0.05) is 23.9 Å². The van der Waals surface area contributed by atoms with Gasteiger partial charge in [-0.1, -0.05) is 12.8 Å². The highest BCUT2D eigenvalue weighted by Gasteiger charge is 2.40. The highest BCUT2D eigenvalue weighted by atomic mass is 16.6. The average molecular weight is 348 g/mol. The molecular formula is C18H24N2O5. The number of esters is 1.